The molecular formula is C11H18N2S. The summed E-state index contributed by atoms with van der Waals surface area (Å²) < 4.78 is 0. The van der Waals surface area contributed by atoms with Crippen LogP contribution in [0.15, 0.2) is 23.2 Å². The summed E-state index contributed by atoms with van der Waals surface area (Å²) in [4.78, 5) is 5.49. The lowest BCUT2D eigenvalue weighted by Crippen LogP contribution is -1.99. The van der Waals surface area contributed by atoms with Crippen LogP contribution in [0.1, 0.15) is 26.0 Å². The number of thioether (sulfide) groups is 1. The van der Waals surface area contributed by atoms with Crippen molar-refractivity contribution in [3.63, 3.8) is 0 Å². The molecule has 1 aromatic rings. The lowest BCUT2D eigenvalue weighted by Gasteiger charge is -2.07. The van der Waals surface area contributed by atoms with Crippen LogP contribution in [0, 0.1) is 5.92 Å². The van der Waals surface area contributed by atoms with Crippen molar-refractivity contribution in [3.8, 4) is 0 Å². The molecule has 0 aliphatic rings. The fourth-order valence-electron chi connectivity index (χ4n) is 0.973. The first-order valence-corrected chi connectivity index (χ1v) is 6.02. The predicted octanol–water partition coefficient (Wildman–Crippen LogP) is 2.68. The van der Waals surface area contributed by atoms with Gasteiger partial charge in [-0.3, -0.25) is 4.98 Å². The Morgan fingerprint density at radius 3 is 2.79 bits per heavy atom. The molecule has 0 aliphatic heterocycles. The highest BCUT2D eigenvalue weighted by atomic mass is 32.2. The lowest BCUT2D eigenvalue weighted by atomic mass is 10.2. The van der Waals surface area contributed by atoms with E-state index in [4.69, 9.17) is 5.73 Å². The summed E-state index contributed by atoms with van der Waals surface area (Å²) in [5.41, 5.74) is 6.43. The van der Waals surface area contributed by atoms with Crippen molar-refractivity contribution in [1.82, 2.24) is 4.98 Å². The minimum Gasteiger partial charge on any atom is -0.325 e. The Morgan fingerprint density at radius 2 is 2.29 bits per heavy atom. The van der Waals surface area contributed by atoms with Crippen LogP contribution < -0.4 is 5.73 Å². The molecule has 78 valence electrons. The van der Waals surface area contributed by atoms with Crippen molar-refractivity contribution in [1.29, 1.82) is 0 Å². The van der Waals surface area contributed by atoms with Crippen LogP contribution in [-0.2, 0) is 6.54 Å². The van der Waals surface area contributed by atoms with E-state index in [0.717, 1.165) is 11.6 Å². The second-order valence-electron chi connectivity index (χ2n) is 3.51. The van der Waals surface area contributed by atoms with Crippen molar-refractivity contribution in [2.75, 3.05) is 5.75 Å². The van der Waals surface area contributed by atoms with Crippen molar-refractivity contribution in [3.05, 3.63) is 24.0 Å². The third kappa shape index (κ3) is 3.68. The van der Waals surface area contributed by atoms with Crippen LogP contribution in [0.5, 0.6) is 0 Å². The summed E-state index contributed by atoms with van der Waals surface area (Å²) in [6.07, 6.45) is 3.15. The van der Waals surface area contributed by atoms with Gasteiger partial charge in [0.1, 0.15) is 0 Å². The van der Waals surface area contributed by atoms with Gasteiger partial charge in [0.25, 0.3) is 0 Å². The normalized spacial score (nSPS) is 12.8. The highest BCUT2D eigenvalue weighted by Gasteiger charge is 2.00. The van der Waals surface area contributed by atoms with Gasteiger partial charge in [0.2, 0.25) is 0 Å². The monoisotopic (exact) mass is 210 g/mol. The smallest absolute Gasteiger partial charge is 0.0540 e. The van der Waals surface area contributed by atoms with E-state index in [1.165, 1.54) is 17.1 Å². The minimum atomic E-state index is 0.524. The summed E-state index contributed by atoms with van der Waals surface area (Å²) in [5, 5.41) is 0. The van der Waals surface area contributed by atoms with Gasteiger partial charge < -0.3 is 5.73 Å². The molecule has 1 rings (SSSR count). The minimum absolute atomic E-state index is 0.524. The van der Waals surface area contributed by atoms with Gasteiger partial charge in [0.15, 0.2) is 0 Å². The Hall–Kier alpha value is -0.540. The Balaban J connectivity index is 2.43. The van der Waals surface area contributed by atoms with Gasteiger partial charge in [-0.25, -0.2) is 0 Å². The molecule has 0 spiro atoms. The molecule has 0 amide bonds. The van der Waals surface area contributed by atoms with E-state index in [-0.39, 0.29) is 0 Å². The van der Waals surface area contributed by atoms with Crippen molar-refractivity contribution >= 4 is 11.8 Å². The molecule has 2 N–H and O–H groups in total. The van der Waals surface area contributed by atoms with E-state index in [2.05, 4.69) is 24.9 Å². The van der Waals surface area contributed by atoms with E-state index < -0.39 is 0 Å². The number of aromatic nitrogens is 1. The van der Waals surface area contributed by atoms with E-state index in [1.54, 1.807) is 0 Å². The molecule has 0 aliphatic carbocycles. The first-order valence-electron chi connectivity index (χ1n) is 5.04. The van der Waals surface area contributed by atoms with Crippen LogP contribution in [0.2, 0.25) is 0 Å². The summed E-state index contributed by atoms with van der Waals surface area (Å²) in [6, 6.07) is 4.10. The van der Waals surface area contributed by atoms with Gasteiger partial charge in [-0.15, -0.1) is 11.8 Å². The molecule has 1 atom stereocenters. The van der Waals surface area contributed by atoms with Gasteiger partial charge in [-0.1, -0.05) is 20.3 Å². The van der Waals surface area contributed by atoms with Gasteiger partial charge >= 0.3 is 0 Å². The topological polar surface area (TPSA) is 38.9 Å². The average Bonchev–Trinajstić information content (AvgIpc) is 2.26. The van der Waals surface area contributed by atoms with Crippen LogP contribution in [0.3, 0.4) is 0 Å². The number of pyridine rings is 1. The maximum absolute atomic E-state index is 5.47. The Labute approximate surface area is 90.3 Å². The van der Waals surface area contributed by atoms with E-state index >= 15 is 0 Å². The van der Waals surface area contributed by atoms with Gasteiger partial charge in [-0.2, -0.15) is 0 Å². The zero-order chi connectivity index (χ0) is 10.4. The second-order valence-corrected chi connectivity index (χ2v) is 4.61. The van der Waals surface area contributed by atoms with Crippen LogP contribution in [-0.4, -0.2) is 10.7 Å². The summed E-state index contributed by atoms with van der Waals surface area (Å²) >= 11 is 1.87. The quantitative estimate of drug-likeness (QED) is 0.759. The molecule has 1 aromatic heterocycles. The van der Waals surface area contributed by atoms with E-state index in [9.17, 15) is 0 Å². The van der Waals surface area contributed by atoms with E-state index in [0.29, 0.717) is 6.54 Å². The number of nitrogens with two attached hydrogens (primary N) is 1. The summed E-state index contributed by atoms with van der Waals surface area (Å²) in [7, 11) is 0. The first kappa shape index (κ1) is 11.5. The highest BCUT2D eigenvalue weighted by Crippen LogP contribution is 2.20. The highest BCUT2D eigenvalue weighted by molar-refractivity contribution is 7.99. The molecule has 14 heavy (non-hydrogen) atoms. The fourth-order valence-corrected chi connectivity index (χ4v) is 1.98. The molecule has 1 heterocycles. The number of hydrogen-bond donors (Lipinski definition) is 1. The Morgan fingerprint density at radius 1 is 1.50 bits per heavy atom. The molecule has 0 saturated heterocycles. The van der Waals surface area contributed by atoms with Crippen molar-refractivity contribution in [2.24, 2.45) is 11.7 Å². The zero-order valence-electron chi connectivity index (χ0n) is 8.86. The van der Waals surface area contributed by atoms with Crippen LogP contribution >= 0.6 is 11.8 Å². The van der Waals surface area contributed by atoms with Gasteiger partial charge in [0, 0.05) is 23.4 Å². The largest absolute Gasteiger partial charge is 0.325 e. The molecule has 1 unspecified atom stereocenters. The maximum atomic E-state index is 5.47. The number of rotatable bonds is 5. The number of nitrogens with zero attached hydrogens (tertiary/aromatic N) is 1. The third-order valence-electron chi connectivity index (χ3n) is 2.24. The summed E-state index contributed by atoms with van der Waals surface area (Å²) in [6.45, 7) is 5.02. The fraction of sp³-hybridized carbons (Fsp3) is 0.545. The van der Waals surface area contributed by atoms with Crippen molar-refractivity contribution < 1.29 is 0 Å². The van der Waals surface area contributed by atoms with Crippen LogP contribution in [0.4, 0.5) is 0 Å². The maximum Gasteiger partial charge on any atom is 0.0540 e. The van der Waals surface area contributed by atoms with Crippen molar-refractivity contribution in [2.45, 2.75) is 31.7 Å². The second kappa shape index (κ2) is 6.04. The third-order valence-corrected chi connectivity index (χ3v) is 3.55. The average molecular weight is 210 g/mol. The Kier molecular flexibility index (Phi) is 4.98. The SMILES string of the molecule is CCC(C)CSc1ccc(CN)nc1. The molecule has 0 fully saturated rings. The van der Waals surface area contributed by atoms with E-state index in [1.807, 2.05) is 24.0 Å². The molecule has 2 nitrogen and oxygen atoms in total. The molecule has 3 heteroatoms. The molecular weight excluding hydrogens is 192 g/mol. The predicted molar refractivity (Wildman–Crippen MR) is 62.3 cm³/mol. The van der Waals surface area contributed by atoms with Gasteiger partial charge in [0.05, 0.1) is 5.69 Å². The first-order chi connectivity index (χ1) is 6.76. The lowest BCUT2D eigenvalue weighted by molar-refractivity contribution is 0.637. The van der Waals surface area contributed by atoms with Gasteiger partial charge in [-0.05, 0) is 18.1 Å². The number of hydrogen-bond acceptors (Lipinski definition) is 3. The Bertz CT molecular complexity index is 258. The summed E-state index contributed by atoms with van der Waals surface area (Å²) in [5.74, 6) is 1.94. The van der Waals surface area contributed by atoms with Crippen LogP contribution in [0.25, 0.3) is 0 Å². The molecule has 0 bridgehead atoms. The molecule has 0 aromatic carbocycles. The zero-order valence-corrected chi connectivity index (χ0v) is 9.68. The molecule has 0 saturated carbocycles. The standard InChI is InChI=1S/C11H18N2S/c1-3-9(2)8-14-11-5-4-10(6-12)13-7-11/h4-5,7,9H,3,6,8,12H2,1-2H3. The molecule has 0 radical (unpaired) electrons.